The van der Waals surface area contributed by atoms with Crippen LogP contribution < -0.4 is 4.74 Å². The van der Waals surface area contributed by atoms with Crippen molar-refractivity contribution in [2.75, 3.05) is 0 Å². The summed E-state index contributed by atoms with van der Waals surface area (Å²) in [5.74, 6) is -0.688. The minimum atomic E-state index is -1.95. The van der Waals surface area contributed by atoms with E-state index in [2.05, 4.69) is 56.5 Å². The molecular formula is C26H37IO6Si. The second-order valence-corrected chi connectivity index (χ2v) is 16.3. The van der Waals surface area contributed by atoms with E-state index in [9.17, 15) is 9.59 Å². The molecule has 0 radical (unpaired) electrons. The summed E-state index contributed by atoms with van der Waals surface area (Å²) in [7, 11) is -1.95. The zero-order chi connectivity index (χ0) is 25.1. The van der Waals surface area contributed by atoms with Crippen LogP contribution in [0.3, 0.4) is 0 Å². The van der Waals surface area contributed by atoms with Gasteiger partial charge in [0, 0.05) is 25.9 Å². The average Bonchev–Trinajstić information content (AvgIpc) is 2.69. The molecule has 34 heavy (non-hydrogen) atoms. The fourth-order valence-electron chi connectivity index (χ4n) is 4.40. The maximum atomic E-state index is 13.3. The van der Waals surface area contributed by atoms with E-state index in [0.717, 1.165) is 18.4 Å². The van der Waals surface area contributed by atoms with Gasteiger partial charge in [-0.1, -0.05) is 61.6 Å². The van der Waals surface area contributed by atoms with Gasteiger partial charge in [-0.15, -0.1) is 0 Å². The van der Waals surface area contributed by atoms with E-state index in [1.54, 1.807) is 12.1 Å². The fourth-order valence-corrected chi connectivity index (χ4v) is 6.07. The Bertz CT molecular complexity index is 922. The molecular weight excluding hydrogens is 563 g/mol. The van der Waals surface area contributed by atoms with E-state index in [1.807, 2.05) is 16.2 Å². The summed E-state index contributed by atoms with van der Waals surface area (Å²) < 4.78 is 26.6. The molecule has 0 amide bonds. The number of esters is 2. The molecule has 0 N–H and O–H groups in total. The molecule has 6 nitrogen and oxygen atoms in total. The van der Waals surface area contributed by atoms with E-state index in [4.69, 9.17) is 18.6 Å². The first-order valence-corrected chi connectivity index (χ1v) is 16.1. The van der Waals surface area contributed by atoms with Crippen molar-refractivity contribution < 1.29 is 28.2 Å². The van der Waals surface area contributed by atoms with Crippen molar-refractivity contribution in [3.63, 3.8) is 0 Å². The van der Waals surface area contributed by atoms with Gasteiger partial charge in [0.25, 0.3) is 0 Å². The Morgan fingerprint density at radius 3 is 2.56 bits per heavy atom. The molecule has 1 aromatic rings. The number of carbonyl (C=O) groups is 2. The summed E-state index contributed by atoms with van der Waals surface area (Å²) in [6.07, 6.45) is 4.91. The molecule has 1 fully saturated rings. The van der Waals surface area contributed by atoms with Gasteiger partial charge in [0.05, 0.1) is 12.2 Å². The predicted molar refractivity (Wildman–Crippen MR) is 143 cm³/mol. The first-order chi connectivity index (χ1) is 15.9. The van der Waals surface area contributed by atoms with Gasteiger partial charge < -0.3 is 18.6 Å². The molecule has 0 aliphatic carbocycles. The molecule has 2 aliphatic rings. The quantitative estimate of drug-likeness (QED) is 0.170. The number of rotatable bonds is 5. The number of hydrogen-bond donors (Lipinski definition) is 0. The molecule has 4 atom stereocenters. The number of halogens is 1. The number of hydrogen-bond acceptors (Lipinski definition) is 6. The van der Waals surface area contributed by atoms with E-state index in [-0.39, 0.29) is 35.2 Å². The van der Waals surface area contributed by atoms with Gasteiger partial charge in [-0.05, 0) is 53.1 Å². The summed E-state index contributed by atoms with van der Waals surface area (Å²) in [6.45, 7) is 12.7. The molecule has 1 aromatic carbocycles. The third kappa shape index (κ3) is 6.92. The summed E-state index contributed by atoms with van der Waals surface area (Å²) in [5, 5.41) is 0.121. The van der Waals surface area contributed by atoms with Crippen LogP contribution in [-0.2, 0) is 25.1 Å². The summed E-state index contributed by atoms with van der Waals surface area (Å²) in [5.41, 5.74) is 1.08. The number of carbonyl (C=O) groups excluding carboxylic acids is 2. The number of cyclic esters (lactones) is 1. The van der Waals surface area contributed by atoms with Crippen molar-refractivity contribution in [2.24, 2.45) is 0 Å². The smallest absolute Gasteiger partial charge is 0.342 e. The average molecular weight is 601 g/mol. The molecule has 0 aromatic heterocycles. The maximum Gasteiger partial charge on any atom is 0.342 e. The highest BCUT2D eigenvalue weighted by Crippen LogP contribution is 2.40. The predicted octanol–water partition coefficient (Wildman–Crippen LogP) is 6.36. The molecule has 1 saturated heterocycles. The zero-order valence-electron chi connectivity index (χ0n) is 21.1. The van der Waals surface area contributed by atoms with Crippen molar-refractivity contribution >= 4 is 42.8 Å². The number of fused-ring (bicyclic) bond motifs is 3. The SMILES string of the molecule is CC(=O)Oc1cccc2c1C(=O)O[C@@H](C/C=C\I)C[C@@H]1C[C@H](O[Si](C)(C)C(C)(C)C)C[C@H](C2)O1. The molecule has 0 spiro atoms. The second kappa shape index (κ2) is 11.2. The van der Waals surface area contributed by atoms with Crippen molar-refractivity contribution in [1.82, 2.24) is 0 Å². The molecule has 3 rings (SSSR count). The van der Waals surface area contributed by atoms with Gasteiger partial charge in [0.1, 0.15) is 17.4 Å². The van der Waals surface area contributed by atoms with E-state index < -0.39 is 20.3 Å². The molecule has 188 valence electrons. The Morgan fingerprint density at radius 1 is 1.21 bits per heavy atom. The molecule has 2 bridgehead atoms. The van der Waals surface area contributed by atoms with Crippen LogP contribution in [-0.4, -0.2) is 44.7 Å². The number of ether oxygens (including phenoxy) is 3. The van der Waals surface area contributed by atoms with Gasteiger partial charge in [-0.2, -0.15) is 0 Å². The first-order valence-electron chi connectivity index (χ1n) is 12.0. The Morgan fingerprint density at radius 2 is 1.91 bits per heavy atom. The lowest BCUT2D eigenvalue weighted by Crippen LogP contribution is -2.48. The van der Waals surface area contributed by atoms with Crippen molar-refractivity contribution in [3.8, 4) is 5.75 Å². The van der Waals surface area contributed by atoms with Crippen molar-refractivity contribution in [3.05, 3.63) is 39.5 Å². The summed E-state index contributed by atoms with van der Waals surface area (Å²) in [6, 6.07) is 5.33. The van der Waals surface area contributed by atoms with Gasteiger partial charge in [-0.3, -0.25) is 4.79 Å². The third-order valence-electron chi connectivity index (χ3n) is 7.01. The largest absolute Gasteiger partial charge is 0.458 e. The van der Waals surface area contributed by atoms with Crippen LogP contribution in [0.1, 0.15) is 69.3 Å². The zero-order valence-corrected chi connectivity index (χ0v) is 24.2. The van der Waals surface area contributed by atoms with Crippen molar-refractivity contribution in [2.45, 2.75) is 102 Å². The minimum absolute atomic E-state index is 0.0490. The molecule has 8 heteroatoms. The molecule has 2 heterocycles. The van der Waals surface area contributed by atoms with Gasteiger partial charge >= 0.3 is 11.9 Å². The Labute approximate surface area is 218 Å². The highest BCUT2D eigenvalue weighted by molar-refractivity contribution is 14.1. The lowest BCUT2D eigenvalue weighted by atomic mass is 9.91. The Kier molecular flexibility index (Phi) is 9.03. The van der Waals surface area contributed by atoms with Gasteiger partial charge in [-0.25, -0.2) is 4.79 Å². The van der Waals surface area contributed by atoms with Gasteiger partial charge in [0.15, 0.2) is 8.32 Å². The minimum Gasteiger partial charge on any atom is -0.458 e. The lowest BCUT2D eigenvalue weighted by Gasteiger charge is -2.44. The van der Waals surface area contributed by atoms with Crippen LogP contribution >= 0.6 is 22.6 Å². The van der Waals surface area contributed by atoms with Crippen LogP contribution in [0.15, 0.2) is 28.4 Å². The topological polar surface area (TPSA) is 71.1 Å². The second-order valence-electron chi connectivity index (χ2n) is 10.8. The monoisotopic (exact) mass is 600 g/mol. The van der Waals surface area contributed by atoms with Crippen LogP contribution in [0.4, 0.5) is 0 Å². The fraction of sp³-hybridized carbons (Fsp3) is 0.615. The molecule has 0 unspecified atom stereocenters. The van der Waals surface area contributed by atoms with Crippen molar-refractivity contribution in [1.29, 1.82) is 0 Å². The standard InChI is InChI=1S/C26H37IO6Si/c1-17(28)30-23-11-7-9-18-13-20-15-22(33-34(5,6)26(2,3)4)16-21(31-20)14-19(10-8-12-27)32-25(29)24(18)23/h7-9,11-12,19-22H,10,13-16H2,1-6H3/b12-8-/t19-,20-,21+,22+/m0/s1. The first kappa shape index (κ1) is 27.4. The van der Waals surface area contributed by atoms with E-state index in [1.165, 1.54) is 6.92 Å². The molecule has 2 aliphatic heterocycles. The third-order valence-corrected chi connectivity index (χ3v) is 12.1. The summed E-state index contributed by atoms with van der Waals surface area (Å²) >= 11 is 2.17. The normalized spacial score (nSPS) is 26.0. The van der Waals surface area contributed by atoms with Crippen LogP contribution in [0, 0.1) is 0 Å². The molecule has 0 saturated carbocycles. The van der Waals surface area contributed by atoms with Crippen LogP contribution in [0.5, 0.6) is 5.75 Å². The highest BCUT2D eigenvalue weighted by atomic mass is 127. The highest BCUT2D eigenvalue weighted by Gasteiger charge is 2.42. The van der Waals surface area contributed by atoms with E-state index >= 15 is 0 Å². The maximum absolute atomic E-state index is 13.3. The number of benzene rings is 1. The Hall–Kier alpha value is -1.23. The van der Waals surface area contributed by atoms with E-state index in [0.29, 0.717) is 24.8 Å². The Balaban J connectivity index is 1.97. The van der Waals surface area contributed by atoms with Crippen LogP contribution in [0.25, 0.3) is 0 Å². The van der Waals surface area contributed by atoms with Gasteiger partial charge in [0.2, 0.25) is 0 Å². The lowest BCUT2D eigenvalue weighted by molar-refractivity contribution is -0.131. The van der Waals surface area contributed by atoms with Crippen LogP contribution in [0.2, 0.25) is 18.1 Å². The summed E-state index contributed by atoms with van der Waals surface area (Å²) in [4.78, 5) is 25.0.